The Bertz CT molecular complexity index is 1660. The molecule has 6 rings (SSSR count). The highest BCUT2D eigenvalue weighted by atomic mass is 16.2. The molecule has 2 amide bonds. The van der Waals surface area contributed by atoms with Crippen LogP contribution in [0.4, 0.5) is 10.5 Å². The minimum Gasteiger partial charge on any atom is -0.308 e. The highest BCUT2D eigenvalue weighted by Crippen LogP contribution is 2.36. The maximum Gasteiger partial charge on any atom is 0.322 e. The first kappa shape index (κ1) is 23.0. The van der Waals surface area contributed by atoms with Gasteiger partial charge in [0.25, 0.3) is 5.56 Å². The fourth-order valence-electron chi connectivity index (χ4n) is 5.48. The van der Waals surface area contributed by atoms with E-state index in [0.717, 1.165) is 34.9 Å². The maximum atomic E-state index is 14.1. The lowest BCUT2D eigenvalue weighted by molar-refractivity contribution is 0.140. The summed E-state index contributed by atoms with van der Waals surface area (Å²) in [5, 5.41) is 5.84. The number of fused-ring (bicyclic) bond motifs is 3. The summed E-state index contributed by atoms with van der Waals surface area (Å²) in [5.41, 5.74) is 2.39. The molecule has 0 spiro atoms. The minimum absolute atomic E-state index is 0.0490. The Labute approximate surface area is 215 Å². The Morgan fingerprint density at radius 1 is 0.919 bits per heavy atom. The number of hydrogen-bond acceptors (Lipinski definition) is 3. The van der Waals surface area contributed by atoms with Gasteiger partial charge in [-0.05, 0) is 48.9 Å². The third-order valence-electron chi connectivity index (χ3n) is 7.35. The number of hydrogen-bond donors (Lipinski definition) is 1. The number of aromatic nitrogens is 2. The van der Waals surface area contributed by atoms with Crippen LogP contribution in [0.3, 0.4) is 0 Å². The Kier molecular flexibility index (Phi) is 5.93. The van der Waals surface area contributed by atoms with Gasteiger partial charge in [0.2, 0.25) is 0 Å². The normalized spacial score (nSPS) is 15.8. The molecular formula is C31H28N4O2. The molecule has 2 atom stereocenters. The number of amides is 2. The van der Waals surface area contributed by atoms with Gasteiger partial charge in [0.05, 0.1) is 28.7 Å². The van der Waals surface area contributed by atoms with Crippen LogP contribution in [0, 0.1) is 0 Å². The summed E-state index contributed by atoms with van der Waals surface area (Å²) >= 11 is 0. The van der Waals surface area contributed by atoms with Gasteiger partial charge >= 0.3 is 6.03 Å². The zero-order chi connectivity index (χ0) is 25.4. The van der Waals surface area contributed by atoms with Crippen LogP contribution < -0.4 is 10.9 Å². The molecule has 0 fully saturated rings. The SMILES string of the molecule is CC(c1ccccc1)N(C(=O)Nc1cccc2ccccc12)C1CCCn2c1nc1ccccc1c2=O. The fraction of sp³-hybridized carbons (Fsp3) is 0.194. The zero-order valence-electron chi connectivity index (χ0n) is 20.7. The van der Waals surface area contributed by atoms with Gasteiger partial charge in [0, 0.05) is 11.9 Å². The predicted molar refractivity (Wildman–Crippen MR) is 148 cm³/mol. The molecule has 37 heavy (non-hydrogen) atoms. The molecule has 0 aliphatic carbocycles. The van der Waals surface area contributed by atoms with Crippen LogP contribution in [0.15, 0.2) is 102 Å². The number of anilines is 1. The number of carbonyl (C=O) groups is 1. The Balaban J connectivity index is 1.47. The van der Waals surface area contributed by atoms with E-state index in [-0.39, 0.29) is 23.7 Å². The highest BCUT2D eigenvalue weighted by Gasteiger charge is 2.35. The summed E-state index contributed by atoms with van der Waals surface area (Å²) in [7, 11) is 0. The average Bonchev–Trinajstić information content (AvgIpc) is 2.94. The van der Waals surface area contributed by atoms with Gasteiger partial charge in [-0.15, -0.1) is 0 Å². The van der Waals surface area contributed by atoms with Crippen LogP contribution in [-0.2, 0) is 6.54 Å². The van der Waals surface area contributed by atoms with E-state index in [0.29, 0.717) is 23.3 Å². The number of carbonyl (C=O) groups excluding carboxylic acids is 1. The zero-order valence-corrected chi connectivity index (χ0v) is 20.7. The van der Waals surface area contributed by atoms with Gasteiger partial charge < -0.3 is 10.2 Å². The first-order valence-electron chi connectivity index (χ1n) is 12.7. The smallest absolute Gasteiger partial charge is 0.308 e. The van der Waals surface area contributed by atoms with Gasteiger partial charge in [0.1, 0.15) is 5.82 Å². The monoisotopic (exact) mass is 488 g/mol. The molecule has 0 radical (unpaired) electrons. The summed E-state index contributed by atoms with van der Waals surface area (Å²) in [6, 6.07) is 30.6. The van der Waals surface area contributed by atoms with E-state index >= 15 is 0 Å². The Morgan fingerprint density at radius 3 is 2.46 bits per heavy atom. The molecule has 184 valence electrons. The molecule has 1 N–H and O–H groups in total. The second-order valence-corrected chi connectivity index (χ2v) is 9.55. The molecule has 4 aromatic carbocycles. The second kappa shape index (κ2) is 9.54. The van der Waals surface area contributed by atoms with Crippen molar-refractivity contribution >= 4 is 33.4 Å². The lowest BCUT2D eigenvalue weighted by Gasteiger charge is -2.39. The van der Waals surface area contributed by atoms with E-state index in [1.54, 1.807) is 4.57 Å². The fourth-order valence-corrected chi connectivity index (χ4v) is 5.48. The van der Waals surface area contributed by atoms with E-state index in [2.05, 4.69) is 5.32 Å². The van der Waals surface area contributed by atoms with Crippen molar-refractivity contribution in [2.75, 3.05) is 5.32 Å². The van der Waals surface area contributed by atoms with Gasteiger partial charge in [-0.1, -0.05) is 78.9 Å². The third kappa shape index (κ3) is 4.14. The summed E-state index contributed by atoms with van der Waals surface area (Å²) in [6.45, 7) is 2.64. The van der Waals surface area contributed by atoms with E-state index < -0.39 is 0 Å². The average molecular weight is 489 g/mol. The first-order chi connectivity index (χ1) is 18.1. The Hall–Kier alpha value is -4.45. The van der Waals surface area contributed by atoms with E-state index in [4.69, 9.17) is 4.98 Å². The quantitative estimate of drug-likeness (QED) is 0.307. The summed E-state index contributed by atoms with van der Waals surface area (Å²) in [4.78, 5) is 34.3. The molecule has 0 saturated heterocycles. The van der Waals surface area contributed by atoms with Crippen molar-refractivity contribution in [3.8, 4) is 0 Å². The molecule has 6 heteroatoms. The van der Waals surface area contributed by atoms with Crippen molar-refractivity contribution in [2.45, 2.75) is 38.4 Å². The number of para-hydroxylation sites is 1. The molecule has 1 aliphatic heterocycles. The van der Waals surface area contributed by atoms with Crippen LogP contribution in [0.25, 0.3) is 21.7 Å². The number of benzene rings is 4. The van der Waals surface area contributed by atoms with Gasteiger partial charge in [0.15, 0.2) is 0 Å². The van der Waals surface area contributed by atoms with Gasteiger partial charge in [-0.3, -0.25) is 9.36 Å². The van der Waals surface area contributed by atoms with Crippen molar-refractivity contribution in [1.82, 2.24) is 14.5 Å². The molecule has 2 heterocycles. The molecule has 1 aliphatic rings. The lowest BCUT2D eigenvalue weighted by Crippen LogP contribution is -2.44. The summed E-state index contributed by atoms with van der Waals surface area (Å²) in [5.74, 6) is 0.644. The first-order valence-corrected chi connectivity index (χ1v) is 12.7. The van der Waals surface area contributed by atoms with Crippen molar-refractivity contribution in [3.05, 3.63) is 119 Å². The molecule has 1 aromatic heterocycles. The molecule has 2 unspecified atom stereocenters. The number of urea groups is 1. The van der Waals surface area contributed by atoms with Crippen molar-refractivity contribution in [3.63, 3.8) is 0 Å². The van der Waals surface area contributed by atoms with E-state index in [1.807, 2.05) is 109 Å². The topological polar surface area (TPSA) is 67.2 Å². The van der Waals surface area contributed by atoms with E-state index in [1.165, 1.54) is 0 Å². The minimum atomic E-state index is -0.351. The standard InChI is InChI=1S/C31H28N4O2/c1-21(22-11-3-2-4-12-22)35(31(37)33-26-18-9-14-23-13-5-6-15-24(23)26)28-19-10-20-34-29(28)32-27-17-8-7-16-25(27)30(34)36/h2-9,11-18,21,28H,10,19-20H2,1H3,(H,33,37). The van der Waals surface area contributed by atoms with Crippen LogP contribution in [-0.4, -0.2) is 20.5 Å². The van der Waals surface area contributed by atoms with Crippen molar-refractivity contribution < 1.29 is 4.79 Å². The molecule has 5 aromatic rings. The Morgan fingerprint density at radius 2 is 1.62 bits per heavy atom. The maximum absolute atomic E-state index is 14.1. The third-order valence-corrected chi connectivity index (χ3v) is 7.35. The van der Waals surface area contributed by atoms with Crippen LogP contribution in [0.1, 0.15) is 43.2 Å². The van der Waals surface area contributed by atoms with Crippen molar-refractivity contribution in [1.29, 1.82) is 0 Å². The molecule has 6 nitrogen and oxygen atoms in total. The highest BCUT2D eigenvalue weighted by molar-refractivity contribution is 6.01. The number of rotatable bonds is 4. The van der Waals surface area contributed by atoms with E-state index in [9.17, 15) is 9.59 Å². The number of nitrogens with zero attached hydrogens (tertiary/aromatic N) is 3. The van der Waals surface area contributed by atoms with Crippen molar-refractivity contribution in [2.24, 2.45) is 0 Å². The van der Waals surface area contributed by atoms with Crippen LogP contribution in [0.2, 0.25) is 0 Å². The molecule has 0 bridgehead atoms. The predicted octanol–water partition coefficient (Wildman–Crippen LogP) is 6.68. The summed E-state index contributed by atoms with van der Waals surface area (Å²) < 4.78 is 1.76. The molecular weight excluding hydrogens is 460 g/mol. The molecule has 0 saturated carbocycles. The van der Waals surface area contributed by atoms with Crippen LogP contribution in [0.5, 0.6) is 0 Å². The largest absolute Gasteiger partial charge is 0.322 e. The van der Waals surface area contributed by atoms with Gasteiger partial charge in [-0.25, -0.2) is 9.78 Å². The number of nitrogens with one attached hydrogen (secondary N) is 1. The van der Waals surface area contributed by atoms with Gasteiger partial charge in [-0.2, -0.15) is 0 Å². The summed E-state index contributed by atoms with van der Waals surface area (Å²) in [6.07, 6.45) is 1.52. The lowest BCUT2D eigenvalue weighted by atomic mass is 9.99. The van der Waals surface area contributed by atoms with Crippen LogP contribution >= 0.6 is 0 Å². The second-order valence-electron chi connectivity index (χ2n) is 9.55.